The number of benzene rings is 1. The molecule has 0 spiro atoms. The number of amides is 1. The van der Waals surface area contributed by atoms with E-state index < -0.39 is 0 Å². The highest BCUT2D eigenvalue weighted by Gasteiger charge is 2.28. The molecule has 4 heteroatoms. The van der Waals surface area contributed by atoms with Gasteiger partial charge >= 0.3 is 0 Å². The monoisotopic (exact) mass is 262 g/mol. The maximum atomic E-state index is 12.2. The number of hydrogen-bond donors (Lipinski definition) is 1. The highest BCUT2D eigenvalue weighted by Crippen LogP contribution is 2.20. The minimum Gasteiger partial charge on any atom is -0.497 e. The van der Waals surface area contributed by atoms with Crippen molar-refractivity contribution in [1.82, 2.24) is 4.90 Å². The van der Waals surface area contributed by atoms with Crippen LogP contribution in [0.25, 0.3) is 0 Å². The summed E-state index contributed by atoms with van der Waals surface area (Å²) in [6.45, 7) is 3.64. The summed E-state index contributed by atoms with van der Waals surface area (Å²) in [4.78, 5) is 14.2. The second-order valence-corrected chi connectivity index (χ2v) is 5.28. The van der Waals surface area contributed by atoms with Crippen LogP contribution in [0.4, 0.5) is 0 Å². The predicted octanol–water partition coefficient (Wildman–Crippen LogP) is 1.43. The van der Waals surface area contributed by atoms with Gasteiger partial charge in [-0.2, -0.15) is 0 Å². The Morgan fingerprint density at radius 3 is 3.00 bits per heavy atom. The lowest BCUT2D eigenvalue weighted by molar-refractivity contribution is -0.129. The Morgan fingerprint density at radius 1 is 1.58 bits per heavy atom. The topological polar surface area (TPSA) is 55.6 Å². The van der Waals surface area contributed by atoms with E-state index in [1.54, 1.807) is 7.11 Å². The van der Waals surface area contributed by atoms with Crippen LogP contribution in [-0.4, -0.2) is 37.0 Å². The highest BCUT2D eigenvalue weighted by atomic mass is 16.5. The van der Waals surface area contributed by atoms with E-state index in [9.17, 15) is 4.79 Å². The molecule has 104 valence electrons. The summed E-state index contributed by atoms with van der Waals surface area (Å²) in [6.07, 6.45) is 1.45. The third-order valence-electron chi connectivity index (χ3n) is 3.81. The Morgan fingerprint density at radius 2 is 2.37 bits per heavy atom. The van der Waals surface area contributed by atoms with Gasteiger partial charge in [-0.05, 0) is 37.0 Å². The van der Waals surface area contributed by atoms with Gasteiger partial charge in [0.25, 0.3) is 0 Å². The van der Waals surface area contributed by atoms with E-state index in [0.717, 1.165) is 30.8 Å². The smallest absolute Gasteiger partial charge is 0.227 e. The summed E-state index contributed by atoms with van der Waals surface area (Å²) in [6, 6.07) is 7.83. The zero-order valence-electron chi connectivity index (χ0n) is 11.6. The number of likely N-dealkylation sites (tertiary alicyclic amines) is 1. The number of nitrogens with two attached hydrogens (primary N) is 1. The van der Waals surface area contributed by atoms with Crippen molar-refractivity contribution in [2.24, 2.45) is 11.7 Å². The molecule has 2 atom stereocenters. The van der Waals surface area contributed by atoms with Crippen molar-refractivity contribution < 1.29 is 9.53 Å². The fraction of sp³-hybridized carbons (Fsp3) is 0.533. The Bertz CT molecular complexity index is 446. The van der Waals surface area contributed by atoms with Crippen molar-refractivity contribution in [2.45, 2.75) is 25.8 Å². The lowest BCUT2D eigenvalue weighted by Gasteiger charge is -2.18. The van der Waals surface area contributed by atoms with Crippen molar-refractivity contribution in [2.75, 3.05) is 20.2 Å². The summed E-state index contributed by atoms with van der Waals surface area (Å²) in [5.74, 6) is 1.41. The molecule has 1 heterocycles. The third kappa shape index (κ3) is 3.47. The normalized spacial score (nSPS) is 20.4. The van der Waals surface area contributed by atoms with Crippen molar-refractivity contribution in [1.29, 1.82) is 0 Å². The van der Waals surface area contributed by atoms with Crippen LogP contribution in [0.3, 0.4) is 0 Å². The zero-order chi connectivity index (χ0) is 13.8. The van der Waals surface area contributed by atoms with Crippen molar-refractivity contribution in [3.63, 3.8) is 0 Å². The number of nitrogens with zero attached hydrogens (tertiary/aromatic N) is 1. The largest absolute Gasteiger partial charge is 0.497 e. The second-order valence-electron chi connectivity index (χ2n) is 5.28. The summed E-state index contributed by atoms with van der Waals surface area (Å²) >= 11 is 0. The summed E-state index contributed by atoms with van der Waals surface area (Å²) < 4.78 is 5.17. The lowest BCUT2D eigenvalue weighted by atomic mass is 10.0. The van der Waals surface area contributed by atoms with Gasteiger partial charge in [0.05, 0.1) is 13.5 Å². The highest BCUT2D eigenvalue weighted by molar-refractivity contribution is 5.79. The van der Waals surface area contributed by atoms with E-state index in [1.807, 2.05) is 36.1 Å². The molecule has 1 aromatic rings. The molecule has 1 aliphatic rings. The number of carbonyl (C=O) groups is 1. The summed E-state index contributed by atoms with van der Waals surface area (Å²) in [5.41, 5.74) is 6.89. The molecular weight excluding hydrogens is 240 g/mol. The van der Waals surface area contributed by atoms with Crippen molar-refractivity contribution in [3.8, 4) is 5.75 Å². The Kier molecular flexibility index (Phi) is 4.43. The molecule has 0 aromatic heterocycles. The van der Waals surface area contributed by atoms with Gasteiger partial charge in [0.15, 0.2) is 0 Å². The van der Waals surface area contributed by atoms with Crippen LogP contribution >= 0.6 is 0 Å². The molecule has 2 N–H and O–H groups in total. The van der Waals surface area contributed by atoms with E-state index in [2.05, 4.69) is 0 Å². The van der Waals surface area contributed by atoms with Gasteiger partial charge in [-0.3, -0.25) is 4.79 Å². The Balaban J connectivity index is 1.94. The maximum Gasteiger partial charge on any atom is 0.227 e. The van der Waals surface area contributed by atoms with Crippen LogP contribution in [-0.2, 0) is 11.2 Å². The van der Waals surface area contributed by atoms with E-state index in [0.29, 0.717) is 12.3 Å². The number of ether oxygens (including phenoxy) is 1. The minimum absolute atomic E-state index is 0.162. The molecule has 1 aliphatic heterocycles. The lowest BCUT2D eigenvalue weighted by Crippen LogP contribution is -2.33. The number of methoxy groups -OCH3 is 1. The standard InChI is InChI=1S/C15H22N2O2/c1-11(16)13-6-7-17(10-13)15(18)9-12-4-3-5-14(8-12)19-2/h3-5,8,11,13H,6-7,9-10,16H2,1-2H3. The molecule has 1 saturated heterocycles. The average molecular weight is 262 g/mol. The molecule has 19 heavy (non-hydrogen) atoms. The maximum absolute atomic E-state index is 12.2. The molecule has 0 aliphatic carbocycles. The zero-order valence-corrected chi connectivity index (χ0v) is 11.6. The third-order valence-corrected chi connectivity index (χ3v) is 3.81. The van der Waals surface area contributed by atoms with E-state index in [1.165, 1.54) is 0 Å². The van der Waals surface area contributed by atoms with Gasteiger partial charge in [-0.15, -0.1) is 0 Å². The average Bonchev–Trinajstić information content (AvgIpc) is 2.89. The van der Waals surface area contributed by atoms with Gasteiger partial charge in [0.2, 0.25) is 5.91 Å². The fourth-order valence-electron chi connectivity index (χ4n) is 2.51. The van der Waals surface area contributed by atoms with Gasteiger partial charge < -0.3 is 15.4 Å². The van der Waals surface area contributed by atoms with E-state index in [-0.39, 0.29) is 11.9 Å². The van der Waals surface area contributed by atoms with Gasteiger partial charge in [0.1, 0.15) is 5.75 Å². The SMILES string of the molecule is COc1cccc(CC(=O)N2CCC(C(C)N)C2)c1. The Hall–Kier alpha value is -1.55. The number of rotatable bonds is 4. The van der Waals surface area contributed by atoms with Crippen LogP contribution in [0.1, 0.15) is 18.9 Å². The first kappa shape index (κ1) is 13.9. The second kappa shape index (κ2) is 6.06. The van der Waals surface area contributed by atoms with Crippen LogP contribution < -0.4 is 10.5 Å². The minimum atomic E-state index is 0.162. The van der Waals surface area contributed by atoms with Gasteiger partial charge in [-0.1, -0.05) is 12.1 Å². The van der Waals surface area contributed by atoms with Crippen molar-refractivity contribution in [3.05, 3.63) is 29.8 Å². The predicted molar refractivity (Wildman–Crippen MR) is 75.0 cm³/mol. The van der Waals surface area contributed by atoms with Gasteiger partial charge in [-0.25, -0.2) is 0 Å². The molecule has 1 fully saturated rings. The molecule has 1 aromatic carbocycles. The number of carbonyl (C=O) groups excluding carboxylic acids is 1. The van der Waals surface area contributed by atoms with Gasteiger partial charge in [0, 0.05) is 19.1 Å². The van der Waals surface area contributed by atoms with E-state index in [4.69, 9.17) is 10.5 Å². The molecule has 4 nitrogen and oxygen atoms in total. The van der Waals surface area contributed by atoms with Crippen molar-refractivity contribution >= 4 is 5.91 Å². The molecule has 0 bridgehead atoms. The fourth-order valence-corrected chi connectivity index (χ4v) is 2.51. The first-order valence-electron chi connectivity index (χ1n) is 6.76. The van der Waals surface area contributed by atoms with Crippen LogP contribution in [0.5, 0.6) is 5.75 Å². The van der Waals surface area contributed by atoms with Crippen LogP contribution in [0, 0.1) is 5.92 Å². The molecular formula is C15H22N2O2. The summed E-state index contributed by atoms with van der Waals surface area (Å²) in [7, 11) is 1.63. The molecule has 1 amide bonds. The molecule has 2 unspecified atom stereocenters. The van der Waals surface area contributed by atoms with Crippen LogP contribution in [0.2, 0.25) is 0 Å². The first-order valence-corrected chi connectivity index (χ1v) is 6.76. The molecule has 0 saturated carbocycles. The number of hydrogen-bond acceptors (Lipinski definition) is 3. The molecule has 0 radical (unpaired) electrons. The van der Waals surface area contributed by atoms with E-state index >= 15 is 0 Å². The Labute approximate surface area is 114 Å². The van der Waals surface area contributed by atoms with Crippen LogP contribution in [0.15, 0.2) is 24.3 Å². The first-order chi connectivity index (χ1) is 9.10. The molecule has 2 rings (SSSR count). The summed E-state index contributed by atoms with van der Waals surface area (Å²) in [5, 5.41) is 0. The quantitative estimate of drug-likeness (QED) is 0.893.